The van der Waals surface area contributed by atoms with Gasteiger partial charge in [0.2, 0.25) is 5.78 Å². The Kier molecular flexibility index (Phi) is 3.76. The van der Waals surface area contributed by atoms with Gasteiger partial charge in [0.05, 0.1) is 16.6 Å². The number of pyridine rings is 1. The highest BCUT2D eigenvalue weighted by Gasteiger charge is 2.21. The van der Waals surface area contributed by atoms with Gasteiger partial charge in [-0.1, -0.05) is 37.3 Å². The van der Waals surface area contributed by atoms with Gasteiger partial charge in [0.25, 0.3) is 0 Å². The zero-order chi connectivity index (χ0) is 19.1. The average Bonchev–Trinajstić information content (AvgIpc) is 3.35. The number of hydrogen-bond donors (Lipinski definition) is 2. The van der Waals surface area contributed by atoms with Crippen LogP contribution in [0.5, 0.6) is 0 Å². The Morgan fingerprint density at radius 3 is 2.57 bits per heavy atom. The lowest BCUT2D eigenvalue weighted by atomic mass is 9.96. The van der Waals surface area contributed by atoms with Gasteiger partial charge >= 0.3 is 0 Å². The number of carbonyl (C=O) groups excluding carboxylic acids is 1. The molecule has 0 fully saturated rings. The summed E-state index contributed by atoms with van der Waals surface area (Å²) in [7, 11) is 0. The van der Waals surface area contributed by atoms with Crippen LogP contribution < -0.4 is 0 Å². The largest absolute Gasteiger partial charge is 0.335 e. The van der Waals surface area contributed by atoms with Gasteiger partial charge in [-0.2, -0.15) is 5.10 Å². The fraction of sp³-hybridized carbons (Fsp3) is 0.0909. The minimum absolute atomic E-state index is 0.0291. The molecule has 3 heterocycles. The number of H-pyrrole nitrogens is 2. The number of ketones is 1. The maximum Gasteiger partial charge on any atom is 0.205 e. The number of benzene rings is 2. The number of hydrogen-bond acceptors (Lipinski definition) is 4. The van der Waals surface area contributed by atoms with Gasteiger partial charge in [-0.25, -0.2) is 4.98 Å². The Morgan fingerprint density at radius 1 is 1.00 bits per heavy atom. The van der Waals surface area contributed by atoms with E-state index in [-0.39, 0.29) is 11.7 Å². The first-order valence-corrected chi connectivity index (χ1v) is 9.08. The van der Waals surface area contributed by atoms with Crippen LogP contribution in [0.4, 0.5) is 0 Å². The second-order valence-electron chi connectivity index (χ2n) is 6.81. The van der Waals surface area contributed by atoms with Gasteiger partial charge < -0.3 is 4.98 Å². The minimum Gasteiger partial charge on any atom is -0.335 e. The Bertz CT molecular complexity index is 1290. The molecular formula is C22H17N5O. The minimum atomic E-state index is -0.263. The first-order chi connectivity index (χ1) is 13.7. The molecule has 0 aliphatic carbocycles. The molecule has 0 saturated carbocycles. The molecule has 0 bridgehead atoms. The Labute approximate surface area is 160 Å². The summed E-state index contributed by atoms with van der Waals surface area (Å²) in [5, 5.41) is 8.45. The predicted octanol–water partition coefficient (Wildman–Crippen LogP) is 4.49. The first-order valence-electron chi connectivity index (χ1n) is 9.08. The van der Waals surface area contributed by atoms with E-state index in [1.165, 1.54) is 0 Å². The lowest BCUT2D eigenvalue weighted by molar-refractivity contribution is 0.0957. The van der Waals surface area contributed by atoms with Crippen LogP contribution in [-0.4, -0.2) is 30.9 Å². The van der Waals surface area contributed by atoms with Crippen molar-refractivity contribution in [2.45, 2.75) is 12.8 Å². The van der Waals surface area contributed by atoms with Gasteiger partial charge in [-0.15, -0.1) is 0 Å². The van der Waals surface area contributed by atoms with Gasteiger partial charge in [-0.3, -0.25) is 14.9 Å². The molecule has 0 radical (unpaired) electrons. The Hall–Kier alpha value is -3.80. The van der Waals surface area contributed by atoms with Crippen molar-refractivity contribution in [2.75, 3.05) is 0 Å². The van der Waals surface area contributed by atoms with Crippen LogP contribution in [0.25, 0.3) is 33.2 Å². The average molecular weight is 367 g/mol. The van der Waals surface area contributed by atoms with E-state index in [4.69, 9.17) is 0 Å². The topological polar surface area (TPSA) is 87.3 Å². The third-order valence-electron chi connectivity index (χ3n) is 5.04. The molecule has 0 saturated heterocycles. The Balaban J connectivity index is 1.57. The van der Waals surface area contributed by atoms with Crippen molar-refractivity contribution in [1.29, 1.82) is 0 Å². The summed E-state index contributed by atoms with van der Waals surface area (Å²) in [5.74, 6) is 0.0802. The molecule has 0 aliphatic heterocycles. The molecule has 5 aromatic rings. The second-order valence-corrected chi connectivity index (χ2v) is 6.81. The van der Waals surface area contributed by atoms with Crippen molar-refractivity contribution in [3.63, 3.8) is 0 Å². The van der Waals surface area contributed by atoms with Crippen LogP contribution >= 0.6 is 0 Å². The van der Waals surface area contributed by atoms with Crippen LogP contribution in [0.2, 0.25) is 0 Å². The van der Waals surface area contributed by atoms with E-state index in [9.17, 15) is 4.79 Å². The van der Waals surface area contributed by atoms with E-state index < -0.39 is 0 Å². The van der Waals surface area contributed by atoms with Gasteiger partial charge in [0.1, 0.15) is 5.69 Å². The van der Waals surface area contributed by atoms with Crippen molar-refractivity contribution in [2.24, 2.45) is 0 Å². The fourth-order valence-corrected chi connectivity index (χ4v) is 3.47. The molecule has 0 spiro atoms. The molecule has 6 heteroatoms. The molecule has 1 unspecified atom stereocenters. The Morgan fingerprint density at radius 2 is 1.79 bits per heavy atom. The molecule has 1 atom stereocenters. The molecule has 6 nitrogen and oxygen atoms in total. The zero-order valence-corrected chi connectivity index (χ0v) is 15.2. The number of nitrogens with zero attached hydrogens (tertiary/aromatic N) is 3. The van der Waals surface area contributed by atoms with E-state index >= 15 is 0 Å². The second kappa shape index (κ2) is 6.42. The number of aromatic amines is 2. The zero-order valence-electron chi connectivity index (χ0n) is 15.2. The normalized spacial score (nSPS) is 12.5. The van der Waals surface area contributed by atoms with Gasteiger partial charge in [0.15, 0.2) is 5.82 Å². The molecular weight excluding hydrogens is 350 g/mol. The number of imidazole rings is 1. The highest BCUT2D eigenvalue weighted by Crippen LogP contribution is 2.29. The number of Topliss-reactive ketones (excluding diaryl/α,β-unsaturated/α-hetero) is 1. The highest BCUT2D eigenvalue weighted by molar-refractivity contribution is 6.04. The number of fused-ring (bicyclic) bond motifs is 2. The van der Waals surface area contributed by atoms with Crippen LogP contribution in [0.1, 0.15) is 29.0 Å². The quantitative estimate of drug-likeness (QED) is 0.458. The summed E-state index contributed by atoms with van der Waals surface area (Å²) in [6.45, 7) is 1.90. The molecule has 3 aromatic heterocycles. The smallest absolute Gasteiger partial charge is 0.205 e. The van der Waals surface area contributed by atoms with Gasteiger partial charge in [-0.05, 0) is 29.8 Å². The van der Waals surface area contributed by atoms with Crippen molar-refractivity contribution in [1.82, 2.24) is 25.1 Å². The standard InChI is InChI=1S/C22H17N5O/c1-13(14-5-3-2-4-6-14)21(28)22-24-18-11-16-17(12-19(18)25-22)26-27-20(16)15-7-9-23-10-8-15/h2-13H,1H3,(H,24,25)(H,26,27). The van der Waals surface area contributed by atoms with Crippen molar-refractivity contribution < 1.29 is 4.79 Å². The number of aromatic nitrogens is 5. The van der Waals surface area contributed by atoms with E-state index in [1.807, 2.05) is 61.5 Å². The van der Waals surface area contributed by atoms with E-state index in [1.54, 1.807) is 12.4 Å². The number of carbonyl (C=O) groups is 1. The fourth-order valence-electron chi connectivity index (χ4n) is 3.47. The van der Waals surface area contributed by atoms with Crippen LogP contribution in [-0.2, 0) is 0 Å². The lowest BCUT2D eigenvalue weighted by Crippen LogP contribution is -2.11. The monoisotopic (exact) mass is 367 g/mol. The SMILES string of the molecule is CC(C(=O)c1nc2cc3c(-c4ccncc4)n[nH]c3cc2[nH]1)c1ccccc1. The van der Waals surface area contributed by atoms with E-state index in [0.29, 0.717) is 5.82 Å². The number of rotatable bonds is 4. The van der Waals surface area contributed by atoms with E-state index in [2.05, 4.69) is 25.1 Å². The van der Waals surface area contributed by atoms with Crippen LogP contribution in [0.3, 0.4) is 0 Å². The molecule has 0 amide bonds. The van der Waals surface area contributed by atoms with Crippen LogP contribution in [0.15, 0.2) is 67.0 Å². The maximum atomic E-state index is 12.9. The molecule has 136 valence electrons. The summed E-state index contributed by atoms with van der Waals surface area (Å²) in [6, 6.07) is 17.5. The summed E-state index contributed by atoms with van der Waals surface area (Å²) in [5.41, 5.74) is 5.23. The van der Waals surface area contributed by atoms with Crippen molar-refractivity contribution in [3.8, 4) is 11.3 Å². The summed E-state index contributed by atoms with van der Waals surface area (Å²) < 4.78 is 0. The van der Waals surface area contributed by atoms with Gasteiger partial charge in [0, 0.05) is 29.3 Å². The predicted molar refractivity (Wildman–Crippen MR) is 108 cm³/mol. The lowest BCUT2D eigenvalue weighted by Gasteiger charge is -2.08. The third-order valence-corrected chi connectivity index (χ3v) is 5.04. The maximum absolute atomic E-state index is 12.9. The van der Waals surface area contributed by atoms with Crippen LogP contribution in [0, 0.1) is 0 Å². The summed E-state index contributed by atoms with van der Waals surface area (Å²) >= 11 is 0. The molecule has 5 rings (SSSR count). The molecule has 0 aliphatic rings. The molecule has 2 N–H and O–H groups in total. The highest BCUT2D eigenvalue weighted by atomic mass is 16.1. The van der Waals surface area contributed by atoms with Crippen molar-refractivity contribution in [3.05, 3.63) is 78.4 Å². The van der Waals surface area contributed by atoms with Crippen molar-refractivity contribution >= 4 is 27.7 Å². The molecule has 28 heavy (non-hydrogen) atoms. The number of nitrogens with one attached hydrogen (secondary N) is 2. The van der Waals surface area contributed by atoms with E-state index in [0.717, 1.165) is 38.8 Å². The molecule has 2 aromatic carbocycles. The first kappa shape index (κ1) is 16.4. The summed E-state index contributed by atoms with van der Waals surface area (Å²) in [4.78, 5) is 24.7. The summed E-state index contributed by atoms with van der Waals surface area (Å²) in [6.07, 6.45) is 3.48. The third kappa shape index (κ3) is 2.66.